The summed E-state index contributed by atoms with van der Waals surface area (Å²) in [4.78, 5) is 41.8. The van der Waals surface area contributed by atoms with Crippen molar-refractivity contribution in [3.8, 4) is 0 Å². The molecule has 3 fully saturated rings. The van der Waals surface area contributed by atoms with Gasteiger partial charge in [-0.15, -0.1) is 0 Å². The maximum atomic E-state index is 13.3. The van der Waals surface area contributed by atoms with E-state index < -0.39 is 6.10 Å². The number of aliphatic hydroxyl groups is 1. The lowest BCUT2D eigenvalue weighted by molar-refractivity contribution is -0.148. The average molecular weight is 678 g/mol. The van der Waals surface area contributed by atoms with Crippen molar-refractivity contribution in [3.63, 3.8) is 0 Å². The molecule has 4 aliphatic rings. The van der Waals surface area contributed by atoms with Crippen LogP contribution in [0.1, 0.15) is 109 Å². The second-order valence-electron chi connectivity index (χ2n) is 14.6. The van der Waals surface area contributed by atoms with Crippen LogP contribution in [0.15, 0.2) is 48.2 Å². The monoisotopic (exact) mass is 677 g/mol. The molecule has 49 heavy (non-hydrogen) atoms. The molecule has 1 aromatic heterocycles. The van der Waals surface area contributed by atoms with E-state index in [1.807, 2.05) is 54.0 Å². The van der Waals surface area contributed by atoms with Crippen molar-refractivity contribution in [3.05, 3.63) is 53.9 Å². The Balaban J connectivity index is 1.18. The van der Waals surface area contributed by atoms with Crippen LogP contribution >= 0.6 is 0 Å². The first-order chi connectivity index (χ1) is 23.8. The number of ether oxygens (including phenoxy) is 2. The first kappa shape index (κ1) is 37.0. The van der Waals surface area contributed by atoms with Crippen molar-refractivity contribution in [2.24, 2.45) is 5.92 Å². The number of esters is 1. The maximum absolute atomic E-state index is 13.3. The Bertz CT molecular complexity index is 1300. The summed E-state index contributed by atoms with van der Waals surface area (Å²) in [5.74, 6) is 0.417. The Morgan fingerprint density at radius 3 is 2.47 bits per heavy atom. The molecule has 5 atom stereocenters. The lowest BCUT2D eigenvalue weighted by Gasteiger charge is -2.39. The average Bonchev–Trinajstić information content (AvgIpc) is 3.36. The van der Waals surface area contributed by atoms with Gasteiger partial charge >= 0.3 is 12.1 Å². The van der Waals surface area contributed by atoms with Gasteiger partial charge in [-0.3, -0.25) is 9.69 Å². The number of carbonyl (C=O) groups is 2. The van der Waals surface area contributed by atoms with Crippen molar-refractivity contribution >= 4 is 18.0 Å². The fraction of sp³-hybridized carbons (Fsp3) is 0.692. The van der Waals surface area contributed by atoms with Crippen LogP contribution in [0.4, 0.5) is 10.7 Å². The molecule has 4 heterocycles. The second kappa shape index (κ2) is 18.7. The normalized spacial score (nSPS) is 28.7. The summed E-state index contributed by atoms with van der Waals surface area (Å²) in [5, 5.41) is 9.91. The first-order valence-electron chi connectivity index (χ1n) is 18.9. The summed E-state index contributed by atoms with van der Waals surface area (Å²) in [6.07, 6.45) is 22.9. The number of rotatable bonds is 7. The lowest BCUT2D eigenvalue weighted by Crippen LogP contribution is -2.52. The number of aliphatic hydroxyl groups excluding tert-OH is 1. The van der Waals surface area contributed by atoms with Crippen LogP contribution in [0.5, 0.6) is 0 Å². The topological polar surface area (TPSA) is 108 Å². The molecule has 10 nitrogen and oxygen atoms in total. The zero-order valence-electron chi connectivity index (χ0n) is 30.0. The molecule has 1 aromatic rings. The third-order valence-electron chi connectivity index (χ3n) is 10.7. The van der Waals surface area contributed by atoms with Gasteiger partial charge in [-0.25, -0.2) is 14.8 Å². The molecular formula is C39H59N5O5. The van der Waals surface area contributed by atoms with Gasteiger partial charge in [0.25, 0.3) is 0 Å². The second-order valence-corrected chi connectivity index (χ2v) is 14.6. The van der Waals surface area contributed by atoms with Gasteiger partial charge in [0.1, 0.15) is 12.2 Å². The minimum absolute atomic E-state index is 0.0461. The molecule has 270 valence electrons. The number of cyclic esters (lactones) is 1. The number of aromatic nitrogens is 2. The van der Waals surface area contributed by atoms with Crippen LogP contribution in [0.3, 0.4) is 0 Å². The van der Waals surface area contributed by atoms with E-state index in [4.69, 9.17) is 14.5 Å². The molecule has 0 aromatic carbocycles. The molecule has 1 unspecified atom stereocenters. The van der Waals surface area contributed by atoms with E-state index in [1.165, 1.54) is 38.5 Å². The van der Waals surface area contributed by atoms with Gasteiger partial charge in [0.2, 0.25) is 5.95 Å². The Morgan fingerprint density at radius 1 is 1.00 bits per heavy atom. The van der Waals surface area contributed by atoms with Crippen molar-refractivity contribution < 1.29 is 24.2 Å². The highest BCUT2D eigenvalue weighted by Gasteiger charge is 2.29. The number of carbonyl (C=O) groups excluding carboxylic acids is 2. The molecule has 5 rings (SSSR count). The first-order valence-corrected chi connectivity index (χ1v) is 18.9. The molecule has 2 saturated heterocycles. The molecular weight excluding hydrogens is 618 g/mol. The number of nitrogens with zero attached hydrogens (tertiary/aromatic N) is 5. The summed E-state index contributed by atoms with van der Waals surface area (Å²) >= 11 is 0. The third-order valence-corrected chi connectivity index (χ3v) is 10.7. The molecule has 0 radical (unpaired) electrons. The van der Waals surface area contributed by atoms with Gasteiger partial charge in [0, 0.05) is 69.8 Å². The van der Waals surface area contributed by atoms with E-state index in [-0.39, 0.29) is 36.1 Å². The summed E-state index contributed by atoms with van der Waals surface area (Å²) in [5.41, 5.74) is 1.85. The lowest BCUT2D eigenvalue weighted by atomic mass is 9.95. The van der Waals surface area contributed by atoms with E-state index in [1.54, 1.807) is 6.20 Å². The summed E-state index contributed by atoms with van der Waals surface area (Å²) in [7, 11) is 0. The number of amides is 1. The van der Waals surface area contributed by atoms with Crippen LogP contribution in [-0.2, 0) is 14.3 Å². The zero-order chi connectivity index (χ0) is 34.6. The van der Waals surface area contributed by atoms with Crippen molar-refractivity contribution in [1.82, 2.24) is 19.8 Å². The predicted molar refractivity (Wildman–Crippen MR) is 192 cm³/mol. The fourth-order valence-electron chi connectivity index (χ4n) is 7.56. The summed E-state index contributed by atoms with van der Waals surface area (Å²) in [6.45, 7) is 10.7. The number of hydrogen-bond acceptors (Lipinski definition) is 9. The standard InChI is InChI=1S/C39H59N5O5/c1-29(35-20-22-40-38(41-35)44-23-21-33(45)28-44)12-11-13-30(2)37-31(3)18-19-34(16-9-6-10-17-36(46)49-37)48-39(47)43-26-24-42(25-27-43)32-14-7-4-5-8-15-32/h11-13,18-20,22,29,31-34,37,45H,4-10,14-17,21,23-28H2,1-3H3/b12-11+,19-18+,30-13+/t29?,31-,33+,34+,37+/m0/s1. The quantitative estimate of drug-likeness (QED) is 0.148. The highest BCUT2D eigenvalue weighted by Crippen LogP contribution is 2.25. The van der Waals surface area contributed by atoms with E-state index in [0.29, 0.717) is 25.0 Å². The summed E-state index contributed by atoms with van der Waals surface area (Å²) < 4.78 is 12.1. The van der Waals surface area contributed by atoms with Crippen LogP contribution in [-0.4, -0.2) is 101 Å². The SMILES string of the molecule is C/C(=C\C=C\C(C)c1ccnc(N2CC[C@@H](O)C2)n1)[C@H]1OC(=O)CCCCC[C@@H](OC(=O)N2CCN(C3CCCCCC3)CC2)/C=C/[C@@H]1C. The van der Waals surface area contributed by atoms with E-state index >= 15 is 0 Å². The molecule has 3 aliphatic heterocycles. The van der Waals surface area contributed by atoms with Crippen molar-refractivity contribution in [2.75, 3.05) is 44.2 Å². The van der Waals surface area contributed by atoms with Gasteiger partial charge in [-0.1, -0.05) is 70.3 Å². The van der Waals surface area contributed by atoms with Gasteiger partial charge in [0.15, 0.2) is 0 Å². The van der Waals surface area contributed by atoms with Crippen LogP contribution in [0.2, 0.25) is 0 Å². The van der Waals surface area contributed by atoms with E-state index in [2.05, 4.69) is 22.9 Å². The number of β-amino-alcohol motifs (C(OH)–C–C–N with tert-alkyl or cyclic N) is 1. The number of piperazine rings is 1. The van der Waals surface area contributed by atoms with E-state index in [0.717, 1.165) is 76.1 Å². The molecule has 1 saturated carbocycles. The van der Waals surface area contributed by atoms with Crippen molar-refractivity contribution in [1.29, 1.82) is 0 Å². The highest BCUT2D eigenvalue weighted by atomic mass is 16.6. The van der Waals surface area contributed by atoms with Gasteiger partial charge in [0.05, 0.1) is 11.8 Å². The fourth-order valence-corrected chi connectivity index (χ4v) is 7.56. The van der Waals surface area contributed by atoms with Crippen LogP contribution < -0.4 is 4.90 Å². The van der Waals surface area contributed by atoms with E-state index in [9.17, 15) is 14.7 Å². The van der Waals surface area contributed by atoms with Crippen molar-refractivity contribution in [2.45, 2.75) is 128 Å². The molecule has 0 spiro atoms. The largest absolute Gasteiger partial charge is 0.457 e. The van der Waals surface area contributed by atoms with Gasteiger partial charge in [-0.2, -0.15) is 0 Å². The number of hydrogen-bond donors (Lipinski definition) is 1. The predicted octanol–water partition coefficient (Wildman–Crippen LogP) is 6.57. The Labute approximate surface area is 293 Å². The minimum atomic E-state index is -0.427. The molecule has 0 bridgehead atoms. The smallest absolute Gasteiger partial charge is 0.410 e. The molecule has 10 heteroatoms. The Hall–Kier alpha value is -3.24. The number of anilines is 1. The molecule has 1 aliphatic carbocycles. The molecule has 1 amide bonds. The van der Waals surface area contributed by atoms with Gasteiger partial charge < -0.3 is 24.4 Å². The van der Waals surface area contributed by atoms with Crippen LogP contribution in [0, 0.1) is 5.92 Å². The maximum Gasteiger partial charge on any atom is 0.410 e. The minimum Gasteiger partial charge on any atom is -0.457 e. The van der Waals surface area contributed by atoms with Crippen LogP contribution in [0.25, 0.3) is 0 Å². The third kappa shape index (κ3) is 11.1. The summed E-state index contributed by atoms with van der Waals surface area (Å²) in [6, 6.07) is 2.59. The zero-order valence-corrected chi connectivity index (χ0v) is 30.0. The Kier molecular flexibility index (Phi) is 14.1. The molecule has 1 N–H and O–H groups in total. The number of allylic oxidation sites excluding steroid dienone is 3. The Morgan fingerprint density at radius 2 is 1.73 bits per heavy atom. The highest BCUT2D eigenvalue weighted by molar-refractivity contribution is 5.70. The van der Waals surface area contributed by atoms with Gasteiger partial charge in [-0.05, 0) is 63.2 Å².